The molecule has 0 saturated carbocycles. The molecular weight excluding hydrogens is 450 g/mol. The number of rotatable bonds is 5. The predicted octanol–water partition coefficient (Wildman–Crippen LogP) is 4.09. The van der Waals surface area contributed by atoms with Crippen molar-refractivity contribution in [1.82, 2.24) is 19.5 Å². The van der Waals surface area contributed by atoms with Crippen molar-refractivity contribution in [1.29, 1.82) is 0 Å². The van der Waals surface area contributed by atoms with E-state index in [4.69, 9.17) is 19.9 Å². The van der Waals surface area contributed by atoms with Crippen LogP contribution in [0.25, 0.3) is 21.9 Å². The fourth-order valence-corrected chi connectivity index (χ4v) is 4.11. The quantitative estimate of drug-likeness (QED) is 0.469. The second-order valence-electron chi connectivity index (χ2n) is 7.15. The summed E-state index contributed by atoms with van der Waals surface area (Å²) in [7, 11) is 1.61. The number of ether oxygens (including phenoxy) is 3. The number of pyridine rings is 1. The standard InChI is InChI=1S/C21H20BrN5O3/c1-28-21-15-6-7-27(20(15)24-11-25-21)18-5-4-14(30-18)10-29-13-3-2-12-8-16(22)19(23)26-17(12)9-13/h2-3,6-9,11,14,18H,4-5,10H2,1H3,(H2,23,26). The fraction of sp³-hybridized carbons (Fsp3) is 0.286. The van der Waals surface area contributed by atoms with Crippen LogP contribution < -0.4 is 15.2 Å². The number of methoxy groups -OCH3 is 1. The molecule has 1 aliphatic rings. The Kier molecular flexibility index (Phi) is 4.92. The first kappa shape index (κ1) is 19.1. The Labute approximate surface area is 181 Å². The van der Waals surface area contributed by atoms with Gasteiger partial charge in [-0.3, -0.25) is 0 Å². The SMILES string of the molecule is COc1ncnc2c1ccn2C1CCC(COc2ccc3cc(Br)c(N)nc3c2)O1. The lowest BCUT2D eigenvalue weighted by molar-refractivity contribution is -0.0156. The molecule has 30 heavy (non-hydrogen) atoms. The van der Waals surface area contributed by atoms with Crippen molar-refractivity contribution >= 4 is 43.7 Å². The summed E-state index contributed by atoms with van der Waals surface area (Å²) in [5.41, 5.74) is 7.49. The molecule has 3 aromatic heterocycles. The van der Waals surface area contributed by atoms with Gasteiger partial charge in [0, 0.05) is 17.6 Å². The van der Waals surface area contributed by atoms with Crippen LogP contribution in [-0.2, 0) is 4.74 Å². The van der Waals surface area contributed by atoms with E-state index in [0.29, 0.717) is 18.3 Å². The minimum Gasteiger partial charge on any atom is -0.491 e. The van der Waals surface area contributed by atoms with Crippen molar-refractivity contribution in [3.8, 4) is 11.6 Å². The maximum absolute atomic E-state index is 6.23. The number of aromatic nitrogens is 4. The third-order valence-corrected chi connectivity index (χ3v) is 5.90. The lowest BCUT2D eigenvalue weighted by Crippen LogP contribution is -2.18. The van der Waals surface area contributed by atoms with E-state index in [1.54, 1.807) is 7.11 Å². The Hall–Kier alpha value is -2.91. The summed E-state index contributed by atoms with van der Waals surface area (Å²) in [5, 5.41) is 1.87. The minimum absolute atomic E-state index is 0.00479. The maximum Gasteiger partial charge on any atom is 0.225 e. The van der Waals surface area contributed by atoms with Crippen molar-refractivity contribution in [3.05, 3.63) is 47.3 Å². The molecule has 8 nitrogen and oxygen atoms in total. The number of anilines is 1. The summed E-state index contributed by atoms with van der Waals surface area (Å²) in [6, 6.07) is 9.70. The molecule has 1 aliphatic heterocycles. The van der Waals surface area contributed by atoms with E-state index in [-0.39, 0.29) is 12.3 Å². The van der Waals surface area contributed by atoms with Gasteiger partial charge < -0.3 is 24.5 Å². The number of halogens is 1. The van der Waals surface area contributed by atoms with E-state index in [2.05, 4.69) is 30.9 Å². The molecule has 0 spiro atoms. The molecular formula is C21H20BrN5O3. The van der Waals surface area contributed by atoms with Gasteiger partial charge in [0.1, 0.15) is 36.4 Å². The first-order valence-corrected chi connectivity index (χ1v) is 10.4. The second kappa shape index (κ2) is 7.73. The van der Waals surface area contributed by atoms with Crippen LogP contribution in [0.1, 0.15) is 19.1 Å². The Morgan fingerprint density at radius 2 is 2.13 bits per heavy atom. The Bertz CT molecular complexity index is 1230. The Morgan fingerprint density at radius 3 is 3.00 bits per heavy atom. The number of nitrogen functional groups attached to an aromatic ring is 1. The average molecular weight is 470 g/mol. The van der Waals surface area contributed by atoms with Gasteiger partial charge in [-0.1, -0.05) is 0 Å². The summed E-state index contributed by atoms with van der Waals surface area (Å²) in [4.78, 5) is 12.9. The highest BCUT2D eigenvalue weighted by molar-refractivity contribution is 9.10. The molecule has 9 heteroatoms. The average Bonchev–Trinajstić information content (AvgIpc) is 3.39. The van der Waals surface area contributed by atoms with Crippen LogP contribution in [0, 0.1) is 0 Å². The smallest absolute Gasteiger partial charge is 0.225 e. The molecule has 4 aromatic rings. The number of hydrogen-bond acceptors (Lipinski definition) is 7. The molecule has 4 heterocycles. The van der Waals surface area contributed by atoms with E-state index < -0.39 is 0 Å². The van der Waals surface area contributed by atoms with Crippen molar-refractivity contribution in [2.45, 2.75) is 25.2 Å². The lowest BCUT2D eigenvalue weighted by Gasteiger charge is -2.16. The highest BCUT2D eigenvalue weighted by Gasteiger charge is 2.28. The zero-order valence-electron chi connectivity index (χ0n) is 16.3. The largest absolute Gasteiger partial charge is 0.491 e. The molecule has 1 fully saturated rings. The monoisotopic (exact) mass is 469 g/mol. The molecule has 1 saturated heterocycles. The van der Waals surface area contributed by atoms with Crippen LogP contribution in [0.3, 0.4) is 0 Å². The molecule has 2 N–H and O–H groups in total. The minimum atomic E-state index is -0.0916. The molecule has 2 unspecified atom stereocenters. The lowest BCUT2D eigenvalue weighted by atomic mass is 10.2. The molecule has 154 valence electrons. The van der Waals surface area contributed by atoms with Crippen LogP contribution in [-0.4, -0.2) is 39.3 Å². The maximum atomic E-state index is 6.23. The summed E-state index contributed by atoms with van der Waals surface area (Å²) in [5.74, 6) is 1.77. The van der Waals surface area contributed by atoms with Gasteiger partial charge in [-0.2, -0.15) is 0 Å². The van der Waals surface area contributed by atoms with Crippen molar-refractivity contribution in [2.24, 2.45) is 0 Å². The summed E-state index contributed by atoms with van der Waals surface area (Å²) >= 11 is 3.40. The zero-order chi connectivity index (χ0) is 20.7. The van der Waals surface area contributed by atoms with E-state index >= 15 is 0 Å². The highest BCUT2D eigenvalue weighted by atomic mass is 79.9. The van der Waals surface area contributed by atoms with E-state index in [0.717, 1.165) is 45.0 Å². The molecule has 0 aliphatic carbocycles. The first-order chi connectivity index (χ1) is 14.6. The van der Waals surface area contributed by atoms with E-state index in [1.807, 2.05) is 41.1 Å². The van der Waals surface area contributed by atoms with E-state index in [9.17, 15) is 0 Å². The normalized spacial score (nSPS) is 18.9. The van der Waals surface area contributed by atoms with Crippen LogP contribution in [0.2, 0.25) is 0 Å². The molecule has 5 rings (SSSR count). The Balaban J connectivity index is 1.27. The summed E-state index contributed by atoms with van der Waals surface area (Å²) in [6.45, 7) is 0.464. The highest BCUT2D eigenvalue weighted by Crippen LogP contribution is 2.33. The van der Waals surface area contributed by atoms with Gasteiger partial charge >= 0.3 is 0 Å². The molecule has 2 atom stereocenters. The van der Waals surface area contributed by atoms with Gasteiger partial charge in [0.15, 0.2) is 0 Å². The third kappa shape index (κ3) is 3.44. The molecule has 1 aromatic carbocycles. The summed E-state index contributed by atoms with van der Waals surface area (Å²) < 4.78 is 20.3. The number of fused-ring (bicyclic) bond motifs is 2. The zero-order valence-corrected chi connectivity index (χ0v) is 17.9. The number of hydrogen-bond donors (Lipinski definition) is 1. The van der Waals surface area contributed by atoms with Crippen molar-refractivity contribution in [3.63, 3.8) is 0 Å². The topological polar surface area (TPSA) is 97.3 Å². The molecule has 0 amide bonds. The Morgan fingerprint density at radius 1 is 1.23 bits per heavy atom. The van der Waals surface area contributed by atoms with Crippen LogP contribution in [0.5, 0.6) is 11.6 Å². The van der Waals surface area contributed by atoms with Gasteiger partial charge in [0.05, 0.1) is 28.6 Å². The predicted molar refractivity (Wildman–Crippen MR) is 117 cm³/mol. The van der Waals surface area contributed by atoms with Gasteiger partial charge in [0.25, 0.3) is 0 Å². The van der Waals surface area contributed by atoms with E-state index in [1.165, 1.54) is 6.33 Å². The molecule has 0 radical (unpaired) electrons. The van der Waals surface area contributed by atoms with Gasteiger partial charge in [-0.25, -0.2) is 15.0 Å². The third-order valence-electron chi connectivity index (χ3n) is 5.27. The first-order valence-electron chi connectivity index (χ1n) is 9.62. The summed E-state index contributed by atoms with van der Waals surface area (Å²) in [6.07, 6.45) is 5.16. The molecule has 0 bridgehead atoms. The van der Waals surface area contributed by atoms with Crippen molar-refractivity contribution in [2.75, 3.05) is 19.5 Å². The fourth-order valence-electron chi connectivity index (χ4n) is 3.77. The second-order valence-corrected chi connectivity index (χ2v) is 8.01. The van der Waals surface area contributed by atoms with Crippen molar-refractivity contribution < 1.29 is 14.2 Å². The number of nitrogens with zero attached hydrogens (tertiary/aromatic N) is 4. The van der Waals surface area contributed by atoms with Crippen LogP contribution >= 0.6 is 15.9 Å². The number of benzene rings is 1. The van der Waals surface area contributed by atoms with Gasteiger partial charge in [0.2, 0.25) is 5.88 Å². The van der Waals surface area contributed by atoms with Gasteiger partial charge in [-0.15, -0.1) is 0 Å². The van der Waals surface area contributed by atoms with Crippen LogP contribution in [0.4, 0.5) is 5.82 Å². The van der Waals surface area contributed by atoms with Crippen LogP contribution in [0.15, 0.2) is 47.3 Å². The number of nitrogens with two attached hydrogens (primary N) is 1. The van der Waals surface area contributed by atoms with Gasteiger partial charge in [-0.05, 0) is 53.0 Å².